The number of carboxylic acids is 1. The van der Waals surface area contributed by atoms with E-state index in [-0.39, 0.29) is 24.8 Å². The number of likely N-dealkylation sites (tertiary alicyclic amines) is 1. The first kappa shape index (κ1) is 26.4. The van der Waals surface area contributed by atoms with Crippen LogP contribution in [0.2, 0.25) is 5.02 Å². The third-order valence-corrected chi connectivity index (χ3v) is 6.63. The first-order chi connectivity index (χ1) is 16.0. The second-order valence-electron chi connectivity index (χ2n) is 9.71. The molecule has 2 aromatic carbocycles. The lowest BCUT2D eigenvalue weighted by atomic mass is 9.88. The molecular formula is C26H34ClFN2O4. The Hall–Kier alpha value is -2.19. The third kappa shape index (κ3) is 7.67. The molecule has 3 rings (SSSR count). The number of benzene rings is 2. The Balaban J connectivity index is 1.52. The molecule has 1 fully saturated rings. The van der Waals surface area contributed by atoms with Gasteiger partial charge in [-0.15, -0.1) is 0 Å². The van der Waals surface area contributed by atoms with Crippen LogP contribution in [0.5, 0.6) is 5.75 Å². The summed E-state index contributed by atoms with van der Waals surface area (Å²) in [6.07, 6.45) is 0.665. The topological polar surface area (TPSA) is 82.0 Å². The van der Waals surface area contributed by atoms with Crippen LogP contribution >= 0.6 is 11.6 Å². The van der Waals surface area contributed by atoms with E-state index in [1.165, 1.54) is 17.7 Å². The maximum absolute atomic E-state index is 13.6. The fourth-order valence-corrected chi connectivity index (χ4v) is 4.49. The highest BCUT2D eigenvalue weighted by atomic mass is 35.5. The number of nitrogens with one attached hydrogen (secondary N) is 1. The van der Waals surface area contributed by atoms with Crippen molar-refractivity contribution in [1.82, 2.24) is 10.2 Å². The number of carbonyl (C=O) groups is 1. The summed E-state index contributed by atoms with van der Waals surface area (Å²) < 4.78 is 19.3. The van der Waals surface area contributed by atoms with E-state index in [9.17, 15) is 14.3 Å². The second kappa shape index (κ2) is 11.5. The molecule has 0 bridgehead atoms. The van der Waals surface area contributed by atoms with Gasteiger partial charge in [0.1, 0.15) is 23.8 Å². The molecule has 34 heavy (non-hydrogen) atoms. The van der Waals surface area contributed by atoms with Crippen molar-refractivity contribution in [2.45, 2.75) is 57.8 Å². The molecule has 0 amide bonds. The van der Waals surface area contributed by atoms with Gasteiger partial charge in [-0.05, 0) is 49.9 Å². The zero-order chi connectivity index (χ0) is 24.9. The standard InChI is InChI=1S/C26H34ClFN2O4/c1-17-13-30(14-19-4-7-21(27)8-5-19)18(2)10-23(17)29-15-26(3,33)16-34-24-12-22(28)9-6-20(24)11-25(31)32/h4-9,12,17-18,23,29,33H,10-11,13-16H2,1-3H3,(H,31,32)/t17-,18-,23+,26+/m1/s1. The molecule has 1 aliphatic rings. The van der Waals surface area contributed by atoms with Crippen molar-refractivity contribution in [3.63, 3.8) is 0 Å². The van der Waals surface area contributed by atoms with E-state index in [0.29, 0.717) is 24.1 Å². The van der Waals surface area contributed by atoms with Gasteiger partial charge in [-0.3, -0.25) is 9.69 Å². The summed E-state index contributed by atoms with van der Waals surface area (Å²) in [4.78, 5) is 13.5. The number of carboxylic acid groups (broad SMARTS) is 1. The molecule has 186 valence electrons. The van der Waals surface area contributed by atoms with Crippen LogP contribution in [-0.2, 0) is 17.8 Å². The lowest BCUT2D eigenvalue weighted by molar-refractivity contribution is -0.136. The Morgan fingerprint density at radius 2 is 1.97 bits per heavy atom. The van der Waals surface area contributed by atoms with E-state index in [2.05, 4.69) is 36.2 Å². The van der Waals surface area contributed by atoms with Gasteiger partial charge in [0, 0.05) is 48.4 Å². The van der Waals surface area contributed by atoms with Crippen molar-refractivity contribution < 1.29 is 24.1 Å². The van der Waals surface area contributed by atoms with Crippen molar-refractivity contribution in [3.05, 3.63) is 64.4 Å². The molecule has 1 saturated heterocycles. The summed E-state index contributed by atoms with van der Waals surface area (Å²) in [5.74, 6) is -1.03. The van der Waals surface area contributed by atoms with Gasteiger partial charge in [-0.1, -0.05) is 36.7 Å². The Labute approximate surface area is 205 Å². The molecule has 3 N–H and O–H groups in total. The van der Waals surface area contributed by atoms with Crippen LogP contribution in [-0.4, -0.2) is 58.5 Å². The number of hydrogen-bond acceptors (Lipinski definition) is 5. The molecule has 0 spiro atoms. The highest BCUT2D eigenvalue weighted by Gasteiger charge is 2.32. The van der Waals surface area contributed by atoms with Crippen molar-refractivity contribution in [2.75, 3.05) is 19.7 Å². The summed E-state index contributed by atoms with van der Waals surface area (Å²) in [7, 11) is 0. The number of rotatable bonds is 10. The van der Waals surface area contributed by atoms with E-state index in [0.717, 1.165) is 30.6 Å². The van der Waals surface area contributed by atoms with Gasteiger partial charge < -0.3 is 20.3 Å². The van der Waals surface area contributed by atoms with Crippen molar-refractivity contribution in [1.29, 1.82) is 0 Å². The van der Waals surface area contributed by atoms with E-state index < -0.39 is 17.4 Å². The minimum atomic E-state index is -1.21. The van der Waals surface area contributed by atoms with Crippen LogP contribution in [0.25, 0.3) is 0 Å². The number of aliphatic hydroxyl groups is 1. The van der Waals surface area contributed by atoms with Crippen LogP contribution in [0.15, 0.2) is 42.5 Å². The second-order valence-corrected chi connectivity index (χ2v) is 10.1. The molecule has 0 radical (unpaired) electrons. The first-order valence-corrected chi connectivity index (χ1v) is 12.0. The zero-order valence-corrected chi connectivity index (χ0v) is 20.7. The highest BCUT2D eigenvalue weighted by Crippen LogP contribution is 2.26. The zero-order valence-electron chi connectivity index (χ0n) is 19.9. The summed E-state index contributed by atoms with van der Waals surface area (Å²) >= 11 is 6.00. The average molecular weight is 493 g/mol. The molecule has 0 saturated carbocycles. The van der Waals surface area contributed by atoms with Crippen LogP contribution in [0.3, 0.4) is 0 Å². The molecule has 0 aliphatic carbocycles. The summed E-state index contributed by atoms with van der Waals surface area (Å²) in [5, 5.41) is 24.1. The number of piperidine rings is 1. The molecule has 2 aromatic rings. The Morgan fingerprint density at radius 3 is 2.65 bits per heavy atom. The maximum Gasteiger partial charge on any atom is 0.307 e. The first-order valence-electron chi connectivity index (χ1n) is 11.6. The maximum atomic E-state index is 13.6. The molecule has 1 heterocycles. The largest absolute Gasteiger partial charge is 0.490 e. The summed E-state index contributed by atoms with van der Waals surface area (Å²) in [5.41, 5.74) is 0.388. The molecule has 4 atom stereocenters. The third-order valence-electron chi connectivity index (χ3n) is 6.38. The SMILES string of the molecule is C[C@@H]1CN(Cc2ccc(Cl)cc2)[C@H](C)C[C@@H]1NC[C@](C)(O)COc1cc(F)ccc1CC(=O)O. The average Bonchev–Trinajstić information content (AvgIpc) is 2.76. The lowest BCUT2D eigenvalue weighted by Gasteiger charge is -2.43. The molecule has 1 aliphatic heterocycles. The van der Waals surface area contributed by atoms with E-state index >= 15 is 0 Å². The fraction of sp³-hybridized carbons (Fsp3) is 0.500. The number of nitrogens with zero attached hydrogens (tertiary/aromatic N) is 1. The van der Waals surface area contributed by atoms with Gasteiger partial charge in [0.15, 0.2) is 0 Å². The van der Waals surface area contributed by atoms with Crippen LogP contribution in [0.1, 0.15) is 38.3 Å². The Kier molecular flexibility index (Phi) is 8.93. The Bertz CT molecular complexity index is 970. The predicted molar refractivity (Wildman–Crippen MR) is 131 cm³/mol. The van der Waals surface area contributed by atoms with Crippen LogP contribution in [0.4, 0.5) is 4.39 Å². The van der Waals surface area contributed by atoms with Crippen molar-refractivity contribution >= 4 is 17.6 Å². The number of aliphatic carboxylic acids is 1. The van der Waals surface area contributed by atoms with Crippen LogP contribution < -0.4 is 10.1 Å². The van der Waals surface area contributed by atoms with Gasteiger partial charge in [0.2, 0.25) is 0 Å². The summed E-state index contributed by atoms with van der Waals surface area (Å²) in [6, 6.07) is 12.3. The van der Waals surface area contributed by atoms with E-state index in [4.69, 9.17) is 21.4 Å². The monoisotopic (exact) mass is 492 g/mol. The Morgan fingerprint density at radius 1 is 1.26 bits per heavy atom. The lowest BCUT2D eigenvalue weighted by Crippen LogP contribution is -2.55. The highest BCUT2D eigenvalue weighted by molar-refractivity contribution is 6.30. The molecule has 0 unspecified atom stereocenters. The summed E-state index contributed by atoms with van der Waals surface area (Å²) in [6.45, 7) is 8.08. The smallest absolute Gasteiger partial charge is 0.307 e. The molecule has 8 heteroatoms. The number of ether oxygens (including phenoxy) is 1. The quantitative estimate of drug-likeness (QED) is 0.463. The van der Waals surface area contributed by atoms with Crippen LogP contribution in [0, 0.1) is 11.7 Å². The number of hydrogen-bond donors (Lipinski definition) is 3. The van der Waals surface area contributed by atoms with E-state index in [1.54, 1.807) is 6.92 Å². The molecular weight excluding hydrogens is 459 g/mol. The van der Waals surface area contributed by atoms with Crippen molar-refractivity contribution in [2.24, 2.45) is 5.92 Å². The normalized spacial score (nSPS) is 22.8. The van der Waals surface area contributed by atoms with Gasteiger partial charge >= 0.3 is 5.97 Å². The molecule has 0 aromatic heterocycles. The van der Waals surface area contributed by atoms with E-state index in [1.807, 2.05) is 12.1 Å². The predicted octanol–water partition coefficient (Wildman–Crippen LogP) is 4.12. The number of halogens is 2. The van der Waals surface area contributed by atoms with Gasteiger partial charge in [0.05, 0.1) is 6.42 Å². The van der Waals surface area contributed by atoms with Crippen molar-refractivity contribution in [3.8, 4) is 5.75 Å². The minimum absolute atomic E-state index is 0.0879. The van der Waals surface area contributed by atoms with Gasteiger partial charge in [-0.2, -0.15) is 0 Å². The fourth-order valence-electron chi connectivity index (χ4n) is 4.36. The minimum Gasteiger partial charge on any atom is -0.490 e. The van der Waals surface area contributed by atoms with Gasteiger partial charge in [0.25, 0.3) is 0 Å². The molecule has 6 nitrogen and oxygen atoms in total. The van der Waals surface area contributed by atoms with Gasteiger partial charge in [-0.25, -0.2) is 4.39 Å².